The number of allylic oxidation sites excluding steroid dienone is 1. The fraction of sp³-hybridized carbons (Fsp3) is 0.500. The van der Waals surface area contributed by atoms with Crippen molar-refractivity contribution in [1.82, 2.24) is 4.90 Å². The Morgan fingerprint density at radius 1 is 1.17 bits per heavy atom. The van der Waals surface area contributed by atoms with Crippen LogP contribution in [-0.4, -0.2) is 29.7 Å². The fourth-order valence-electron chi connectivity index (χ4n) is 3.39. The van der Waals surface area contributed by atoms with Crippen molar-refractivity contribution in [2.24, 2.45) is 0 Å². The molecule has 0 bridgehead atoms. The van der Waals surface area contributed by atoms with Gasteiger partial charge in [0.1, 0.15) is 5.60 Å². The lowest BCUT2D eigenvalue weighted by Crippen LogP contribution is -2.45. The molecule has 1 saturated heterocycles. The van der Waals surface area contributed by atoms with Crippen molar-refractivity contribution in [2.45, 2.75) is 44.6 Å². The van der Waals surface area contributed by atoms with Crippen molar-refractivity contribution in [3.63, 3.8) is 0 Å². The van der Waals surface area contributed by atoms with E-state index in [9.17, 15) is 4.79 Å². The predicted octanol–water partition coefficient (Wildman–Crippen LogP) is 5.29. The second kappa shape index (κ2) is 5.71. The van der Waals surface area contributed by atoms with Crippen molar-refractivity contribution in [2.75, 3.05) is 13.1 Å². The van der Waals surface area contributed by atoms with Gasteiger partial charge in [-0.3, -0.25) is 0 Å². The first-order chi connectivity index (χ1) is 10.7. The summed E-state index contributed by atoms with van der Waals surface area (Å²) in [6.07, 6.45) is 5.67. The SMILES string of the molecule is CC(C)(C)OC(=O)N1CCC2(C=Cc3c(Cl)ccc(Cl)c32)CC1. The molecule has 1 fully saturated rings. The maximum absolute atomic E-state index is 12.2. The third kappa shape index (κ3) is 3.09. The van der Waals surface area contributed by atoms with E-state index < -0.39 is 5.60 Å². The molecule has 1 spiro atoms. The van der Waals surface area contributed by atoms with Crippen LogP contribution in [0.4, 0.5) is 4.79 Å². The summed E-state index contributed by atoms with van der Waals surface area (Å²) in [5.74, 6) is 0. The lowest BCUT2D eigenvalue weighted by molar-refractivity contribution is 0.0184. The molecule has 0 unspecified atom stereocenters. The highest BCUT2D eigenvalue weighted by Crippen LogP contribution is 2.48. The molecule has 0 aromatic heterocycles. The Hall–Kier alpha value is -1.19. The van der Waals surface area contributed by atoms with Crippen LogP contribution >= 0.6 is 23.2 Å². The van der Waals surface area contributed by atoms with Crippen LogP contribution in [0.1, 0.15) is 44.7 Å². The van der Waals surface area contributed by atoms with E-state index >= 15 is 0 Å². The Morgan fingerprint density at radius 3 is 2.39 bits per heavy atom. The number of amides is 1. The number of hydrogen-bond acceptors (Lipinski definition) is 2. The minimum absolute atomic E-state index is 0.115. The molecule has 0 saturated carbocycles. The van der Waals surface area contributed by atoms with Gasteiger partial charge in [-0.25, -0.2) is 4.79 Å². The van der Waals surface area contributed by atoms with Crippen molar-refractivity contribution in [1.29, 1.82) is 0 Å². The standard InChI is InChI=1S/C18H21Cl2NO2/c1-17(2,3)23-16(22)21-10-8-18(9-11-21)7-6-12-13(19)4-5-14(20)15(12)18/h4-7H,8-11H2,1-3H3. The van der Waals surface area contributed by atoms with Gasteiger partial charge in [0, 0.05) is 28.5 Å². The van der Waals surface area contributed by atoms with Crippen LogP contribution in [0.15, 0.2) is 18.2 Å². The first-order valence-corrected chi connectivity index (χ1v) is 8.63. The smallest absolute Gasteiger partial charge is 0.410 e. The van der Waals surface area contributed by atoms with Crippen molar-refractivity contribution in [3.05, 3.63) is 39.4 Å². The number of ether oxygens (including phenoxy) is 1. The molecule has 0 atom stereocenters. The number of rotatable bonds is 0. The number of likely N-dealkylation sites (tertiary alicyclic amines) is 1. The largest absolute Gasteiger partial charge is 0.444 e. The van der Waals surface area contributed by atoms with Gasteiger partial charge in [0.25, 0.3) is 0 Å². The topological polar surface area (TPSA) is 29.5 Å². The average Bonchev–Trinajstić information content (AvgIpc) is 2.82. The number of piperidine rings is 1. The summed E-state index contributed by atoms with van der Waals surface area (Å²) in [5.41, 5.74) is 1.54. The van der Waals surface area contributed by atoms with Gasteiger partial charge in [-0.2, -0.15) is 0 Å². The van der Waals surface area contributed by atoms with E-state index in [2.05, 4.69) is 12.2 Å². The number of carbonyl (C=O) groups is 1. The van der Waals surface area contributed by atoms with Crippen molar-refractivity contribution < 1.29 is 9.53 Å². The van der Waals surface area contributed by atoms with E-state index in [4.69, 9.17) is 27.9 Å². The van der Waals surface area contributed by atoms with Crippen LogP contribution in [0.3, 0.4) is 0 Å². The summed E-state index contributed by atoms with van der Waals surface area (Å²) < 4.78 is 5.46. The van der Waals surface area contributed by atoms with E-state index in [1.165, 1.54) is 0 Å². The van der Waals surface area contributed by atoms with Gasteiger partial charge in [-0.1, -0.05) is 35.4 Å². The van der Waals surface area contributed by atoms with Gasteiger partial charge in [0.05, 0.1) is 0 Å². The van der Waals surface area contributed by atoms with Crippen LogP contribution in [0.25, 0.3) is 6.08 Å². The fourth-order valence-corrected chi connectivity index (χ4v) is 3.97. The van der Waals surface area contributed by atoms with Gasteiger partial charge in [-0.05, 0) is 56.9 Å². The maximum atomic E-state index is 12.2. The second-order valence-corrected chi connectivity index (χ2v) is 8.09. The molecule has 1 aromatic carbocycles. The summed E-state index contributed by atoms with van der Waals surface area (Å²) in [5, 5.41) is 1.48. The molecule has 1 aliphatic carbocycles. The van der Waals surface area contributed by atoms with Gasteiger partial charge in [0.2, 0.25) is 0 Å². The lowest BCUT2D eigenvalue weighted by atomic mass is 9.74. The number of carbonyl (C=O) groups excluding carboxylic acids is 1. The summed E-state index contributed by atoms with van der Waals surface area (Å²) >= 11 is 12.7. The minimum atomic E-state index is -0.469. The summed E-state index contributed by atoms with van der Waals surface area (Å²) in [4.78, 5) is 14.0. The zero-order valence-corrected chi connectivity index (χ0v) is 15.2. The number of hydrogen-bond donors (Lipinski definition) is 0. The molecule has 0 N–H and O–H groups in total. The summed E-state index contributed by atoms with van der Waals surface area (Å²) in [7, 11) is 0. The van der Waals surface area contributed by atoms with Crippen LogP contribution < -0.4 is 0 Å². The number of fused-ring (bicyclic) bond motifs is 2. The molecule has 1 aromatic rings. The van der Waals surface area contributed by atoms with Gasteiger partial charge >= 0.3 is 6.09 Å². The Morgan fingerprint density at radius 2 is 1.78 bits per heavy atom. The van der Waals surface area contributed by atoms with Crippen molar-refractivity contribution in [3.8, 4) is 0 Å². The van der Waals surface area contributed by atoms with Gasteiger partial charge in [0.15, 0.2) is 0 Å². The Bertz CT molecular complexity index is 668. The third-order valence-corrected chi connectivity index (χ3v) is 5.16. The number of benzene rings is 1. The molecule has 0 radical (unpaired) electrons. The molecule has 124 valence electrons. The van der Waals surface area contributed by atoms with Crippen molar-refractivity contribution >= 4 is 35.4 Å². The van der Waals surface area contributed by atoms with E-state index in [0.29, 0.717) is 13.1 Å². The Labute approximate surface area is 147 Å². The lowest BCUT2D eigenvalue weighted by Gasteiger charge is -2.40. The molecule has 3 nitrogen and oxygen atoms in total. The summed E-state index contributed by atoms with van der Waals surface area (Å²) in [6.45, 7) is 6.96. The zero-order valence-electron chi connectivity index (χ0n) is 13.7. The van der Waals surface area contributed by atoms with E-state index in [0.717, 1.165) is 34.0 Å². The highest BCUT2D eigenvalue weighted by Gasteiger charge is 2.41. The zero-order chi connectivity index (χ0) is 16.8. The molecule has 5 heteroatoms. The van der Waals surface area contributed by atoms with E-state index in [-0.39, 0.29) is 11.5 Å². The monoisotopic (exact) mass is 353 g/mol. The van der Waals surface area contributed by atoms with Crippen LogP contribution in [0.5, 0.6) is 0 Å². The first-order valence-electron chi connectivity index (χ1n) is 7.87. The molecule has 1 amide bonds. The van der Waals surface area contributed by atoms with E-state index in [1.807, 2.05) is 32.9 Å². The Balaban J connectivity index is 1.78. The normalized spacial score (nSPS) is 19.1. The molecular weight excluding hydrogens is 333 g/mol. The van der Waals surface area contributed by atoms with Gasteiger partial charge in [-0.15, -0.1) is 0 Å². The minimum Gasteiger partial charge on any atom is -0.444 e. The van der Waals surface area contributed by atoms with Crippen LogP contribution in [-0.2, 0) is 10.2 Å². The molecule has 2 aliphatic rings. The molecular formula is C18H21Cl2NO2. The molecule has 23 heavy (non-hydrogen) atoms. The highest BCUT2D eigenvalue weighted by atomic mass is 35.5. The maximum Gasteiger partial charge on any atom is 0.410 e. The number of nitrogens with zero attached hydrogens (tertiary/aromatic N) is 1. The molecule has 1 aliphatic heterocycles. The molecule has 1 heterocycles. The Kier molecular flexibility index (Phi) is 4.14. The average molecular weight is 354 g/mol. The predicted molar refractivity (Wildman–Crippen MR) is 94.2 cm³/mol. The summed E-state index contributed by atoms with van der Waals surface area (Å²) in [6, 6.07) is 3.69. The third-order valence-electron chi connectivity index (χ3n) is 4.52. The highest BCUT2D eigenvalue weighted by molar-refractivity contribution is 6.35. The van der Waals surface area contributed by atoms with Gasteiger partial charge < -0.3 is 9.64 Å². The number of halogens is 2. The molecule has 3 rings (SSSR count). The van der Waals surface area contributed by atoms with E-state index in [1.54, 1.807) is 4.90 Å². The first kappa shape index (κ1) is 16.7. The van der Waals surface area contributed by atoms with Crippen LogP contribution in [0.2, 0.25) is 10.0 Å². The van der Waals surface area contributed by atoms with Crippen LogP contribution in [0, 0.1) is 0 Å². The quantitative estimate of drug-likeness (QED) is 0.634. The second-order valence-electron chi connectivity index (χ2n) is 7.27.